The Balaban J connectivity index is 1.26. The molecule has 0 aromatic heterocycles. The van der Waals surface area contributed by atoms with Crippen LogP contribution in [0, 0.1) is 23.7 Å². The Hall–Kier alpha value is -5.44. The largest absolute Gasteiger partial charge is 0.297 e. The van der Waals surface area contributed by atoms with Crippen LogP contribution in [0.25, 0.3) is 5.70 Å². The lowest BCUT2D eigenvalue weighted by molar-refractivity contribution is 0.724. The maximum Gasteiger partial charge on any atom is 0.0958 e. The molecule has 1 aliphatic heterocycles. The van der Waals surface area contributed by atoms with Crippen molar-refractivity contribution in [3.05, 3.63) is 179 Å². The van der Waals surface area contributed by atoms with Crippen LogP contribution in [-0.4, -0.2) is 0 Å². The summed E-state index contributed by atoms with van der Waals surface area (Å²) in [6.45, 7) is 0. The van der Waals surface area contributed by atoms with Crippen molar-refractivity contribution in [3.8, 4) is 23.7 Å². The van der Waals surface area contributed by atoms with Crippen molar-refractivity contribution in [3.63, 3.8) is 0 Å². The topological polar surface area (TPSA) is 15.3 Å². The van der Waals surface area contributed by atoms with Gasteiger partial charge in [-0.25, -0.2) is 0 Å². The molecular formula is C37H26N2. The second-order valence-corrected chi connectivity index (χ2v) is 9.27. The van der Waals surface area contributed by atoms with Gasteiger partial charge in [0.25, 0.3) is 0 Å². The van der Waals surface area contributed by atoms with Gasteiger partial charge in [0.1, 0.15) is 0 Å². The molecule has 0 aliphatic carbocycles. The second kappa shape index (κ2) is 11.3. The Bertz CT molecular complexity index is 1700. The number of rotatable bonds is 3. The number of nitrogens with one attached hydrogen (secondary N) is 1. The third kappa shape index (κ3) is 5.78. The van der Waals surface area contributed by atoms with Crippen molar-refractivity contribution in [2.45, 2.75) is 6.04 Å². The number of benzene rings is 5. The zero-order valence-electron chi connectivity index (χ0n) is 21.4. The van der Waals surface area contributed by atoms with E-state index in [1.807, 2.05) is 66.7 Å². The van der Waals surface area contributed by atoms with Crippen LogP contribution in [0.1, 0.15) is 39.4 Å². The number of para-hydroxylation sites is 1. The SMILES string of the molecule is C(#Cc1ccc(C2=CC(c3ccc(C#Cc4ccccc4)cc3)N(c3ccccc3)N2)cc1)c1ccccc1. The fourth-order valence-corrected chi connectivity index (χ4v) is 4.52. The molecule has 0 bridgehead atoms. The number of hydrazine groups is 1. The molecule has 0 radical (unpaired) electrons. The predicted molar refractivity (Wildman–Crippen MR) is 161 cm³/mol. The molecule has 1 heterocycles. The summed E-state index contributed by atoms with van der Waals surface area (Å²) in [6.07, 6.45) is 2.28. The van der Waals surface area contributed by atoms with Crippen LogP contribution in [0.4, 0.5) is 5.69 Å². The molecule has 5 aromatic rings. The summed E-state index contributed by atoms with van der Waals surface area (Å²) in [5, 5.41) is 2.21. The lowest BCUT2D eigenvalue weighted by Gasteiger charge is -2.27. The summed E-state index contributed by atoms with van der Waals surface area (Å²) < 4.78 is 0. The Morgan fingerprint density at radius 3 is 1.41 bits per heavy atom. The van der Waals surface area contributed by atoms with Crippen molar-refractivity contribution in [1.82, 2.24) is 5.43 Å². The van der Waals surface area contributed by atoms with Gasteiger partial charge in [0.2, 0.25) is 0 Å². The van der Waals surface area contributed by atoms with Crippen LogP contribution in [0.5, 0.6) is 0 Å². The molecule has 184 valence electrons. The monoisotopic (exact) mass is 498 g/mol. The van der Waals surface area contributed by atoms with E-state index in [1.165, 1.54) is 5.56 Å². The predicted octanol–water partition coefficient (Wildman–Crippen LogP) is 7.59. The number of nitrogens with zero attached hydrogens (tertiary/aromatic N) is 1. The summed E-state index contributed by atoms with van der Waals surface area (Å²) >= 11 is 0. The molecule has 5 aromatic carbocycles. The third-order valence-electron chi connectivity index (χ3n) is 6.58. The zero-order chi connectivity index (χ0) is 26.3. The van der Waals surface area contributed by atoms with Crippen LogP contribution in [0.15, 0.2) is 146 Å². The fourth-order valence-electron chi connectivity index (χ4n) is 4.52. The third-order valence-corrected chi connectivity index (χ3v) is 6.58. The lowest BCUT2D eigenvalue weighted by atomic mass is 10.0. The molecule has 2 heteroatoms. The van der Waals surface area contributed by atoms with E-state index in [9.17, 15) is 0 Å². The first-order valence-corrected chi connectivity index (χ1v) is 13.0. The van der Waals surface area contributed by atoms with Crippen molar-refractivity contribution in [2.75, 3.05) is 5.01 Å². The van der Waals surface area contributed by atoms with Crippen molar-refractivity contribution < 1.29 is 0 Å². The van der Waals surface area contributed by atoms with Gasteiger partial charge in [0.15, 0.2) is 0 Å². The first-order valence-electron chi connectivity index (χ1n) is 13.0. The molecule has 1 unspecified atom stereocenters. The molecule has 0 fully saturated rings. The van der Waals surface area contributed by atoms with Crippen molar-refractivity contribution >= 4 is 11.4 Å². The maximum atomic E-state index is 3.64. The molecule has 0 spiro atoms. The normalized spacial score (nSPS) is 13.8. The molecule has 6 rings (SSSR count). The van der Waals surface area contributed by atoms with Gasteiger partial charge >= 0.3 is 0 Å². The first-order chi connectivity index (χ1) is 19.3. The van der Waals surface area contributed by atoms with Crippen LogP contribution in [0.2, 0.25) is 0 Å². The Kier molecular flexibility index (Phi) is 6.94. The Morgan fingerprint density at radius 1 is 0.462 bits per heavy atom. The second-order valence-electron chi connectivity index (χ2n) is 9.27. The molecule has 1 atom stereocenters. The van der Waals surface area contributed by atoms with E-state index in [0.29, 0.717) is 0 Å². The molecule has 0 amide bonds. The van der Waals surface area contributed by atoms with Gasteiger partial charge in [-0.2, -0.15) is 0 Å². The number of anilines is 1. The van der Waals surface area contributed by atoms with Gasteiger partial charge in [-0.1, -0.05) is 103 Å². The molecule has 0 saturated carbocycles. The average Bonchev–Trinajstić information content (AvgIpc) is 3.47. The molecule has 1 N–H and O–H groups in total. The van der Waals surface area contributed by atoms with Crippen LogP contribution in [-0.2, 0) is 0 Å². The summed E-state index contributed by atoms with van der Waals surface area (Å²) in [4.78, 5) is 0. The maximum absolute atomic E-state index is 3.64. The van der Waals surface area contributed by atoms with E-state index in [1.54, 1.807) is 0 Å². The minimum absolute atomic E-state index is 0.0380. The fraction of sp³-hybridized carbons (Fsp3) is 0.0270. The summed E-state index contributed by atoms with van der Waals surface area (Å²) in [7, 11) is 0. The molecule has 1 aliphatic rings. The average molecular weight is 499 g/mol. The van der Waals surface area contributed by atoms with Crippen LogP contribution < -0.4 is 10.4 Å². The molecular weight excluding hydrogens is 472 g/mol. The highest BCUT2D eigenvalue weighted by Gasteiger charge is 2.27. The van der Waals surface area contributed by atoms with Gasteiger partial charge in [0.05, 0.1) is 17.4 Å². The molecule has 2 nitrogen and oxygen atoms in total. The van der Waals surface area contributed by atoms with Crippen molar-refractivity contribution in [1.29, 1.82) is 0 Å². The highest BCUT2D eigenvalue weighted by atomic mass is 15.5. The smallest absolute Gasteiger partial charge is 0.0958 e. The van der Waals surface area contributed by atoms with E-state index in [-0.39, 0.29) is 6.04 Å². The van der Waals surface area contributed by atoms with Crippen molar-refractivity contribution in [2.24, 2.45) is 0 Å². The first kappa shape index (κ1) is 23.9. The summed E-state index contributed by atoms with van der Waals surface area (Å²) in [5.74, 6) is 13.0. The highest BCUT2D eigenvalue weighted by Crippen LogP contribution is 2.35. The van der Waals surface area contributed by atoms with Gasteiger partial charge < -0.3 is 0 Å². The number of hydrogen-bond acceptors (Lipinski definition) is 2. The van der Waals surface area contributed by atoms with Gasteiger partial charge in [-0.3, -0.25) is 10.4 Å². The number of hydrogen-bond donors (Lipinski definition) is 1. The van der Waals surface area contributed by atoms with E-state index < -0.39 is 0 Å². The standard InChI is InChI=1S/C37H26N2/c1-4-10-29(11-5-1)16-18-31-20-24-33(25-21-31)36-28-37(39(38-36)35-14-8-3-9-15-35)34-26-22-32(23-27-34)19-17-30-12-6-2-7-13-30/h1-15,20-28,37-38H. The van der Waals surface area contributed by atoms with Gasteiger partial charge in [0, 0.05) is 22.3 Å². The quantitative estimate of drug-likeness (QED) is 0.258. The highest BCUT2D eigenvalue weighted by molar-refractivity contribution is 5.72. The zero-order valence-corrected chi connectivity index (χ0v) is 21.4. The van der Waals surface area contributed by atoms with E-state index in [0.717, 1.165) is 39.2 Å². The van der Waals surface area contributed by atoms with E-state index in [2.05, 4.69) is 113 Å². The van der Waals surface area contributed by atoms with E-state index in [4.69, 9.17) is 0 Å². The summed E-state index contributed by atoms with van der Waals surface area (Å²) in [5.41, 5.74) is 12.1. The lowest BCUT2D eigenvalue weighted by Crippen LogP contribution is -2.33. The van der Waals surface area contributed by atoms with E-state index >= 15 is 0 Å². The van der Waals surface area contributed by atoms with Gasteiger partial charge in [-0.15, -0.1) is 0 Å². The Labute approximate surface area is 230 Å². The van der Waals surface area contributed by atoms with Crippen LogP contribution >= 0.6 is 0 Å². The molecule has 0 saturated heterocycles. The minimum atomic E-state index is 0.0380. The minimum Gasteiger partial charge on any atom is -0.297 e. The molecule has 39 heavy (non-hydrogen) atoms. The summed E-state index contributed by atoms with van der Waals surface area (Å²) in [6, 6.07) is 47.5. The Morgan fingerprint density at radius 2 is 0.897 bits per heavy atom. The van der Waals surface area contributed by atoms with Gasteiger partial charge in [-0.05, 0) is 77.9 Å². The van der Waals surface area contributed by atoms with Crippen LogP contribution in [0.3, 0.4) is 0 Å².